The molecule has 5 nitrogen and oxygen atoms in total. The average Bonchev–Trinajstić information content (AvgIpc) is 3.37. The Morgan fingerprint density at radius 2 is 1.89 bits per heavy atom. The van der Waals surface area contributed by atoms with Crippen LogP contribution >= 0.6 is 11.3 Å². The van der Waals surface area contributed by atoms with Crippen LogP contribution in [0.1, 0.15) is 47.1 Å². The fourth-order valence-corrected chi connectivity index (χ4v) is 4.56. The molecule has 1 N–H and O–H groups in total. The van der Waals surface area contributed by atoms with E-state index in [0.29, 0.717) is 18.0 Å². The van der Waals surface area contributed by atoms with Crippen LogP contribution in [0, 0.1) is 0 Å². The third-order valence-corrected chi connectivity index (χ3v) is 6.18. The molecule has 0 radical (unpaired) electrons. The summed E-state index contributed by atoms with van der Waals surface area (Å²) in [4.78, 5) is 16.5. The van der Waals surface area contributed by atoms with Crippen molar-refractivity contribution in [3.8, 4) is 11.3 Å². The summed E-state index contributed by atoms with van der Waals surface area (Å²) in [7, 11) is 0. The van der Waals surface area contributed by atoms with E-state index in [-0.39, 0.29) is 11.9 Å². The molecular formula is C22H25N3O2S. The molecule has 0 saturated carbocycles. The van der Waals surface area contributed by atoms with Gasteiger partial charge in [-0.25, -0.2) is 0 Å². The first-order chi connectivity index (χ1) is 13.8. The van der Waals surface area contributed by atoms with Crippen molar-refractivity contribution >= 4 is 17.2 Å². The van der Waals surface area contributed by atoms with Gasteiger partial charge in [-0.1, -0.05) is 54.4 Å². The fraction of sp³-hybridized carbons (Fsp3) is 0.364. The minimum absolute atomic E-state index is 0.192. The van der Waals surface area contributed by atoms with Gasteiger partial charge >= 0.3 is 0 Å². The maximum atomic E-state index is 12.7. The van der Waals surface area contributed by atoms with Gasteiger partial charge in [0.1, 0.15) is 0 Å². The zero-order valence-electron chi connectivity index (χ0n) is 15.8. The average molecular weight is 396 g/mol. The number of nitrogens with one attached hydrogen (secondary N) is 1. The van der Waals surface area contributed by atoms with Crippen LogP contribution in [-0.4, -0.2) is 35.6 Å². The molecular weight excluding hydrogens is 370 g/mol. The minimum Gasteiger partial charge on any atom is -0.355 e. The molecule has 2 aromatic heterocycles. The molecule has 28 heavy (non-hydrogen) atoms. The molecule has 4 rings (SSSR count). The first-order valence-electron chi connectivity index (χ1n) is 9.89. The molecule has 1 aliphatic rings. The summed E-state index contributed by atoms with van der Waals surface area (Å²) in [6.45, 7) is 2.74. The van der Waals surface area contributed by atoms with E-state index in [1.165, 1.54) is 30.6 Å². The Bertz CT molecular complexity index is 868. The normalized spacial score (nSPS) is 16.4. The Morgan fingerprint density at radius 3 is 2.61 bits per heavy atom. The number of carbonyl (C=O) groups excluding carboxylic acids is 1. The smallest absolute Gasteiger partial charge is 0.273 e. The largest absolute Gasteiger partial charge is 0.355 e. The molecule has 0 unspecified atom stereocenters. The molecule has 0 bridgehead atoms. The lowest BCUT2D eigenvalue weighted by atomic mass is 10.1. The van der Waals surface area contributed by atoms with Crippen molar-refractivity contribution in [1.82, 2.24) is 15.4 Å². The predicted octanol–water partition coefficient (Wildman–Crippen LogP) is 4.75. The van der Waals surface area contributed by atoms with Crippen molar-refractivity contribution in [2.75, 3.05) is 19.6 Å². The molecule has 6 heteroatoms. The molecule has 0 aliphatic carbocycles. The molecule has 146 valence electrons. The van der Waals surface area contributed by atoms with E-state index in [1.807, 2.05) is 30.3 Å². The van der Waals surface area contributed by atoms with Crippen LogP contribution < -0.4 is 5.32 Å². The van der Waals surface area contributed by atoms with Gasteiger partial charge < -0.3 is 9.84 Å². The highest BCUT2D eigenvalue weighted by atomic mass is 32.1. The van der Waals surface area contributed by atoms with Gasteiger partial charge in [-0.2, -0.15) is 0 Å². The van der Waals surface area contributed by atoms with Crippen molar-refractivity contribution in [3.63, 3.8) is 0 Å². The number of amides is 1. The van der Waals surface area contributed by atoms with Crippen LogP contribution in [-0.2, 0) is 0 Å². The summed E-state index contributed by atoms with van der Waals surface area (Å²) in [6, 6.07) is 15.9. The number of hydrogen-bond donors (Lipinski definition) is 1. The summed E-state index contributed by atoms with van der Waals surface area (Å²) < 4.78 is 5.36. The molecule has 1 saturated heterocycles. The van der Waals surface area contributed by atoms with Crippen molar-refractivity contribution in [1.29, 1.82) is 0 Å². The van der Waals surface area contributed by atoms with Crippen molar-refractivity contribution in [2.24, 2.45) is 0 Å². The van der Waals surface area contributed by atoms with Gasteiger partial charge in [0.25, 0.3) is 5.91 Å². The van der Waals surface area contributed by atoms with Gasteiger partial charge in [0.2, 0.25) is 0 Å². The number of hydrogen-bond acceptors (Lipinski definition) is 5. The highest BCUT2D eigenvalue weighted by molar-refractivity contribution is 7.10. The summed E-state index contributed by atoms with van der Waals surface area (Å²) in [6.07, 6.45) is 5.03. The van der Waals surface area contributed by atoms with Gasteiger partial charge in [-0.15, -0.1) is 11.3 Å². The lowest BCUT2D eigenvalue weighted by Gasteiger charge is -2.30. The number of nitrogens with zero attached hydrogens (tertiary/aromatic N) is 2. The van der Waals surface area contributed by atoms with E-state index in [4.69, 9.17) is 4.52 Å². The maximum absolute atomic E-state index is 12.7. The molecule has 1 aliphatic heterocycles. The van der Waals surface area contributed by atoms with Crippen LogP contribution in [0.15, 0.2) is 58.4 Å². The molecule has 1 amide bonds. The standard InChI is InChI=1S/C22H25N3O2S/c26-22(18-15-20(27-24-18)17-9-4-3-5-10-17)23-16-19(21-11-8-14-28-21)25-12-6-1-2-7-13-25/h3-5,8-11,14-15,19H,1-2,6-7,12-13,16H2,(H,23,26)/t19-/m0/s1. The zero-order chi connectivity index (χ0) is 19.2. The molecule has 1 atom stereocenters. The highest BCUT2D eigenvalue weighted by Gasteiger charge is 2.24. The van der Waals surface area contributed by atoms with Gasteiger partial charge in [-0.3, -0.25) is 9.69 Å². The second kappa shape index (κ2) is 9.17. The minimum atomic E-state index is -0.192. The lowest BCUT2D eigenvalue weighted by Crippen LogP contribution is -2.38. The molecule has 3 heterocycles. The second-order valence-electron chi connectivity index (χ2n) is 7.13. The third-order valence-electron chi connectivity index (χ3n) is 5.21. The summed E-state index contributed by atoms with van der Waals surface area (Å²) >= 11 is 1.75. The number of benzene rings is 1. The van der Waals surface area contributed by atoms with Crippen molar-refractivity contribution < 1.29 is 9.32 Å². The predicted molar refractivity (Wildman–Crippen MR) is 111 cm³/mol. The SMILES string of the molecule is O=C(NC[C@@H](c1cccs1)N1CCCCCC1)c1cc(-c2ccccc2)on1. The van der Waals surface area contributed by atoms with Crippen molar-refractivity contribution in [3.05, 3.63) is 64.5 Å². The quantitative estimate of drug-likeness (QED) is 0.654. The Morgan fingerprint density at radius 1 is 1.11 bits per heavy atom. The van der Waals surface area contributed by atoms with Crippen LogP contribution in [0.3, 0.4) is 0 Å². The topological polar surface area (TPSA) is 58.4 Å². The first-order valence-corrected chi connectivity index (χ1v) is 10.8. The number of thiophene rings is 1. The number of aromatic nitrogens is 1. The van der Waals surface area contributed by atoms with E-state index in [9.17, 15) is 4.79 Å². The Kier molecular flexibility index (Phi) is 6.19. The second-order valence-corrected chi connectivity index (χ2v) is 8.11. The van der Waals surface area contributed by atoms with Gasteiger partial charge in [-0.05, 0) is 37.4 Å². The van der Waals surface area contributed by atoms with E-state index in [0.717, 1.165) is 18.7 Å². The van der Waals surface area contributed by atoms with E-state index in [1.54, 1.807) is 17.4 Å². The highest BCUT2D eigenvalue weighted by Crippen LogP contribution is 2.27. The number of rotatable bonds is 6. The Balaban J connectivity index is 1.43. The first kappa shape index (κ1) is 18.9. The summed E-state index contributed by atoms with van der Waals surface area (Å²) in [5.41, 5.74) is 1.23. The summed E-state index contributed by atoms with van der Waals surface area (Å²) in [5.74, 6) is 0.412. The van der Waals surface area contributed by atoms with Gasteiger partial charge in [0, 0.05) is 23.1 Å². The number of likely N-dealkylation sites (tertiary alicyclic amines) is 1. The summed E-state index contributed by atoms with van der Waals surface area (Å²) in [5, 5.41) is 9.14. The van der Waals surface area contributed by atoms with Gasteiger partial charge in [0.05, 0.1) is 6.04 Å². The zero-order valence-corrected chi connectivity index (χ0v) is 16.7. The lowest BCUT2D eigenvalue weighted by molar-refractivity contribution is 0.0925. The van der Waals surface area contributed by atoms with Crippen LogP contribution in [0.25, 0.3) is 11.3 Å². The van der Waals surface area contributed by atoms with Crippen LogP contribution in [0.5, 0.6) is 0 Å². The monoisotopic (exact) mass is 395 g/mol. The Hall–Kier alpha value is -2.44. The van der Waals surface area contributed by atoms with E-state index >= 15 is 0 Å². The molecule has 1 fully saturated rings. The maximum Gasteiger partial charge on any atom is 0.273 e. The van der Waals surface area contributed by atoms with E-state index in [2.05, 4.69) is 32.9 Å². The van der Waals surface area contributed by atoms with Crippen LogP contribution in [0.2, 0.25) is 0 Å². The van der Waals surface area contributed by atoms with Crippen molar-refractivity contribution in [2.45, 2.75) is 31.7 Å². The third kappa shape index (κ3) is 4.51. The molecule has 3 aromatic rings. The van der Waals surface area contributed by atoms with Crippen LogP contribution in [0.4, 0.5) is 0 Å². The fourth-order valence-electron chi connectivity index (χ4n) is 3.70. The molecule has 1 aromatic carbocycles. The van der Waals surface area contributed by atoms with E-state index < -0.39 is 0 Å². The van der Waals surface area contributed by atoms with Gasteiger partial charge in [0.15, 0.2) is 11.5 Å². The number of carbonyl (C=O) groups is 1. The Labute approximate surface area is 169 Å². The molecule has 0 spiro atoms.